The van der Waals surface area contributed by atoms with E-state index < -0.39 is 49.5 Å². The fraction of sp³-hybridized carbons (Fsp3) is 0.941. The normalized spacial score (nSPS) is 20.6. The highest BCUT2D eigenvalue weighted by atomic mass is 16.7. The summed E-state index contributed by atoms with van der Waals surface area (Å²) in [7, 11) is 0. The number of ether oxygens (including phenoxy) is 2. The van der Waals surface area contributed by atoms with Gasteiger partial charge < -0.3 is 40.3 Å². The van der Waals surface area contributed by atoms with Crippen LogP contribution in [0.5, 0.6) is 0 Å². The van der Waals surface area contributed by atoms with Crippen LogP contribution in [0, 0.1) is 0 Å². The third-order valence-corrected chi connectivity index (χ3v) is 12.6. The number of allylic oxidation sites excluding steroid dienone is 1. The second-order valence-corrected chi connectivity index (χ2v) is 18.3. The van der Waals surface area contributed by atoms with Crippen LogP contribution in [0.3, 0.4) is 0 Å². The Morgan fingerprint density at radius 2 is 0.917 bits per heavy atom. The molecule has 1 rings (SSSR count). The van der Waals surface area contributed by atoms with Crippen LogP contribution < -0.4 is 5.32 Å². The molecule has 0 bridgehead atoms. The molecule has 1 amide bonds. The number of rotatable bonds is 44. The lowest BCUT2D eigenvalue weighted by Gasteiger charge is -2.40. The third-order valence-electron chi connectivity index (χ3n) is 12.6. The molecule has 7 atom stereocenters. The van der Waals surface area contributed by atoms with Crippen molar-refractivity contribution in [3.8, 4) is 0 Å². The minimum atomic E-state index is -1.56. The second kappa shape index (κ2) is 41.9. The van der Waals surface area contributed by atoms with Crippen LogP contribution in [-0.4, -0.2) is 87.5 Å². The largest absolute Gasteiger partial charge is 0.394 e. The molecule has 1 aliphatic rings. The Labute approximate surface area is 369 Å². The van der Waals surface area contributed by atoms with Crippen LogP contribution in [0.2, 0.25) is 0 Å². The van der Waals surface area contributed by atoms with E-state index in [-0.39, 0.29) is 12.5 Å². The molecule has 60 heavy (non-hydrogen) atoms. The first-order valence-corrected chi connectivity index (χ1v) is 25.9. The number of aliphatic hydroxyl groups excluding tert-OH is 5. The quantitative estimate of drug-likeness (QED) is 0.0262. The Morgan fingerprint density at radius 1 is 0.550 bits per heavy atom. The Morgan fingerprint density at radius 3 is 1.30 bits per heavy atom. The number of aliphatic hydroxyl groups is 5. The van der Waals surface area contributed by atoms with Gasteiger partial charge >= 0.3 is 0 Å². The first-order chi connectivity index (χ1) is 29.3. The van der Waals surface area contributed by atoms with Crippen molar-refractivity contribution in [1.82, 2.24) is 5.32 Å². The van der Waals surface area contributed by atoms with Crippen molar-refractivity contribution in [2.45, 2.75) is 294 Å². The van der Waals surface area contributed by atoms with Gasteiger partial charge in [0.05, 0.1) is 25.4 Å². The summed E-state index contributed by atoms with van der Waals surface area (Å²) in [5, 5.41) is 54.2. The van der Waals surface area contributed by atoms with E-state index in [1.165, 1.54) is 193 Å². The standard InChI is InChI=1S/C51H99NO8/c1-3-5-7-9-11-13-15-16-17-18-19-20-21-22-23-24-25-26-27-28-29-31-33-35-37-39-41-47(55)52-44(43-59-51-50(58)49(57)48(56)46(42-53)60-51)45(54)40-38-36-34-32-30-14-12-10-8-6-4-2/h38,40,44-46,48-51,53-54,56-58H,3-37,39,41-43H2,1-2H3,(H,52,55)/b40-38+. The number of unbranched alkanes of at least 4 members (excludes halogenated alkanes) is 34. The molecule has 1 saturated heterocycles. The maximum atomic E-state index is 13.0. The predicted molar refractivity (Wildman–Crippen MR) is 249 cm³/mol. The van der Waals surface area contributed by atoms with Gasteiger partial charge in [-0.15, -0.1) is 0 Å². The Balaban J connectivity index is 2.17. The molecule has 9 nitrogen and oxygen atoms in total. The average molecular weight is 854 g/mol. The highest BCUT2D eigenvalue weighted by Gasteiger charge is 2.44. The zero-order valence-electron chi connectivity index (χ0n) is 39.2. The highest BCUT2D eigenvalue weighted by molar-refractivity contribution is 5.76. The van der Waals surface area contributed by atoms with Crippen molar-refractivity contribution in [2.24, 2.45) is 0 Å². The second-order valence-electron chi connectivity index (χ2n) is 18.3. The van der Waals surface area contributed by atoms with Gasteiger partial charge in [-0.3, -0.25) is 4.79 Å². The van der Waals surface area contributed by atoms with Crippen molar-refractivity contribution in [1.29, 1.82) is 0 Å². The van der Waals surface area contributed by atoms with Crippen LogP contribution in [0.25, 0.3) is 0 Å². The topological polar surface area (TPSA) is 149 Å². The molecular formula is C51H99NO8. The molecule has 6 N–H and O–H groups in total. The summed E-state index contributed by atoms with van der Waals surface area (Å²) in [5.41, 5.74) is 0. The summed E-state index contributed by atoms with van der Waals surface area (Å²) in [5.74, 6) is -0.173. The van der Waals surface area contributed by atoms with Crippen LogP contribution >= 0.6 is 0 Å². The van der Waals surface area contributed by atoms with Gasteiger partial charge in [-0.05, 0) is 19.3 Å². The van der Waals surface area contributed by atoms with E-state index in [4.69, 9.17) is 9.47 Å². The summed E-state index contributed by atoms with van der Waals surface area (Å²) < 4.78 is 11.2. The van der Waals surface area contributed by atoms with E-state index in [0.29, 0.717) is 6.42 Å². The summed E-state index contributed by atoms with van der Waals surface area (Å²) in [6.45, 7) is 3.78. The molecule has 356 valence electrons. The van der Waals surface area contributed by atoms with Crippen molar-refractivity contribution in [3.05, 3.63) is 12.2 Å². The number of nitrogens with one attached hydrogen (secondary N) is 1. The van der Waals surface area contributed by atoms with E-state index in [9.17, 15) is 30.3 Å². The first kappa shape index (κ1) is 56.9. The fourth-order valence-electron chi connectivity index (χ4n) is 8.45. The van der Waals surface area contributed by atoms with Gasteiger partial charge in [-0.2, -0.15) is 0 Å². The minimum Gasteiger partial charge on any atom is -0.394 e. The lowest BCUT2D eigenvalue weighted by atomic mass is 9.99. The van der Waals surface area contributed by atoms with Gasteiger partial charge in [0.2, 0.25) is 5.91 Å². The SMILES string of the molecule is CCCCCCCCCCC/C=C/C(O)C(COC1OC(CO)C(O)C(O)C1O)NC(=O)CCCCCCCCCCCCCCCCCCCCCCCCCCCC. The number of amides is 1. The fourth-order valence-corrected chi connectivity index (χ4v) is 8.45. The molecule has 1 heterocycles. The minimum absolute atomic E-state index is 0.173. The van der Waals surface area contributed by atoms with Crippen LogP contribution in [0.1, 0.15) is 251 Å². The molecule has 7 unspecified atom stereocenters. The summed E-state index contributed by atoms with van der Waals surface area (Å²) >= 11 is 0. The molecule has 0 aromatic heterocycles. The Hall–Kier alpha value is -1.07. The average Bonchev–Trinajstić information content (AvgIpc) is 3.25. The zero-order valence-corrected chi connectivity index (χ0v) is 39.2. The molecule has 0 radical (unpaired) electrons. The van der Waals surface area contributed by atoms with E-state index >= 15 is 0 Å². The smallest absolute Gasteiger partial charge is 0.220 e. The highest BCUT2D eigenvalue weighted by Crippen LogP contribution is 2.23. The molecule has 0 aliphatic carbocycles. The Bertz CT molecular complexity index is 950. The van der Waals surface area contributed by atoms with Gasteiger partial charge in [0.15, 0.2) is 6.29 Å². The van der Waals surface area contributed by atoms with Gasteiger partial charge in [-0.1, -0.05) is 238 Å². The molecule has 0 aromatic carbocycles. The molecule has 1 aliphatic heterocycles. The maximum absolute atomic E-state index is 13.0. The van der Waals surface area contributed by atoms with Crippen LogP contribution in [0.15, 0.2) is 12.2 Å². The van der Waals surface area contributed by atoms with Crippen molar-refractivity contribution in [3.63, 3.8) is 0 Å². The number of hydrogen-bond donors (Lipinski definition) is 6. The number of hydrogen-bond acceptors (Lipinski definition) is 8. The number of carbonyl (C=O) groups is 1. The van der Waals surface area contributed by atoms with Gasteiger partial charge in [0.25, 0.3) is 0 Å². The van der Waals surface area contributed by atoms with Crippen LogP contribution in [-0.2, 0) is 14.3 Å². The van der Waals surface area contributed by atoms with Crippen molar-refractivity contribution >= 4 is 5.91 Å². The molecule has 9 heteroatoms. The molecule has 0 saturated carbocycles. The van der Waals surface area contributed by atoms with E-state index in [1.54, 1.807) is 6.08 Å². The van der Waals surface area contributed by atoms with E-state index in [2.05, 4.69) is 19.2 Å². The van der Waals surface area contributed by atoms with Crippen molar-refractivity contribution in [2.75, 3.05) is 13.2 Å². The molecular weight excluding hydrogens is 755 g/mol. The lowest BCUT2D eigenvalue weighted by Crippen LogP contribution is -2.60. The predicted octanol–water partition coefficient (Wildman–Crippen LogP) is 11.7. The van der Waals surface area contributed by atoms with Gasteiger partial charge in [-0.25, -0.2) is 0 Å². The third kappa shape index (κ3) is 31.7. The maximum Gasteiger partial charge on any atom is 0.220 e. The number of carbonyl (C=O) groups excluding carboxylic acids is 1. The Kier molecular flexibility index (Phi) is 39.8. The summed E-state index contributed by atoms with van der Waals surface area (Å²) in [6.07, 6.45) is 42.8. The first-order valence-electron chi connectivity index (χ1n) is 25.9. The molecule has 0 spiro atoms. The summed E-state index contributed by atoms with van der Waals surface area (Å²) in [6, 6.07) is -0.798. The van der Waals surface area contributed by atoms with E-state index in [0.717, 1.165) is 38.5 Å². The van der Waals surface area contributed by atoms with Crippen molar-refractivity contribution < 1.29 is 39.8 Å². The molecule has 1 fully saturated rings. The zero-order chi connectivity index (χ0) is 43.7. The monoisotopic (exact) mass is 854 g/mol. The summed E-state index contributed by atoms with van der Waals surface area (Å²) in [4.78, 5) is 13.0. The lowest BCUT2D eigenvalue weighted by molar-refractivity contribution is -0.302. The van der Waals surface area contributed by atoms with Gasteiger partial charge in [0.1, 0.15) is 24.4 Å². The molecule has 0 aromatic rings. The van der Waals surface area contributed by atoms with Crippen LogP contribution in [0.4, 0.5) is 0 Å². The van der Waals surface area contributed by atoms with Gasteiger partial charge in [0, 0.05) is 6.42 Å². The van der Waals surface area contributed by atoms with E-state index in [1.807, 2.05) is 6.08 Å².